The molecule has 1 atom stereocenters. The molecule has 0 radical (unpaired) electrons. The van der Waals surface area contributed by atoms with Crippen molar-refractivity contribution in [3.63, 3.8) is 0 Å². The zero-order chi connectivity index (χ0) is 15.1. The van der Waals surface area contributed by atoms with Gasteiger partial charge in [-0.15, -0.1) is 0 Å². The van der Waals surface area contributed by atoms with Gasteiger partial charge in [0.2, 0.25) is 0 Å². The molecular weight excluding hydrogens is 326 g/mol. The van der Waals surface area contributed by atoms with E-state index >= 15 is 0 Å². The molecule has 0 aliphatic heterocycles. The van der Waals surface area contributed by atoms with Gasteiger partial charge in [-0.3, -0.25) is 0 Å². The van der Waals surface area contributed by atoms with Crippen molar-refractivity contribution in [3.05, 3.63) is 64.1 Å². The predicted molar refractivity (Wildman–Crippen MR) is 91.9 cm³/mol. The summed E-state index contributed by atoms with van der Waals surface area (Å²) in [5.41, 5.74) is 2.62. The number of nitrogens with one attached hydrogen (secondary N) is 1. The van der Waals surface area contributed by atoms with Gasteiger partial charge in [0.1, 0.15) is 5.75 Å². The first-order valence-corrected chi connectivity index (χ1v) is 8.14. The molecule has 0 amide bonds. The highest BCUT2D eigenvalue weighted by molar-refractivity contribution is 9.10. The van der Waals surface area contributed by atoms with Gasteiger partial charge in [-0.2, -0.15) is 0 Å². The summed E-state index contributed by atoms with van der Waals surface area (Å²) in [6.45, 7) is 3.21. The standard InChI is InChI=1S/C18H22BrNO/c1-3-11-20-17(12-14-7-5-4-6-8-14)15-9-10-18(21-2)16(19)13-15/h4-10,13,17,20H,3,11-12H2,1-2H3. The number of ether oxygens (including phenoxy) is 1. The summed E-state index contributed by atoms with van der Waals surface area (Å²) in [4.78, 5) is 0. The van der Waals surface area contributed by atoms with Crippen LogP contribution in [0.25, 0.3) is 0 Å². The lowest BCUT2D eigenvalue weighted by Crippen LogP contribution is -2.24. The Hall–Kier alpha value is -1.32. The minimum Gasteiger partial charge on any atom is -0.496 e. The molecule has 0 saturated heterocycles. The van der Waals surface area contributed by atoms with Crippen LogP contribution in [0.5, 0.6) is 5.75 Å². The molecule has 2 aromatic carbocycles. The normalized spacial score (nSPS) is 12.1. The average molecular weight is 348 g/mol. The second-order valence-electron chi connectivity index (χ2n) is 5.09. The summed E-state index contributed by atoms with van der Waals surface area (Å²) in [6, 6.07) is 17.2. The Kier molecular flexibility index (Phi) is 6.27. The molecule has 0 spiro atoms. The third-order valence-electron chi connectivity index (χ3n) is 3.50. The number of methoxy groups -OCH3 is 1. The SMILES string of the molecule is CCCNC(Cc1ccccc1)c1ccc(OC)c(Br)c1. The summed E-state index contributed by atoms with van der Waals surface area (Å²) < 4.78 is 6.31. The molecule has 0 saturated carbocycles. The van der Waals surface area contributed by atoms with Crippen molar-refractivity contribution >= 4 is 15.9 Å². The summed E-state index contributed by atoms with van der Waals surface area (Å²) in [5, 5.41) is 3.64. The van der Waals surface area contributed by atoms with E-state index in [9.17, 15) is 0 Å². The zero-order valence-electron chi connectivity index (χ0n) is 12.6. The fourth-order valence-electron chi connectivity index (χ4n) is 2.38. The van der Waals surface area contributed by atoms with E-state index in [1.54, 1.807) is 7.11 Å². The first-order chi connectivity index (χ1) is 10.2. The topological polar surface area (TPSA) is 21.3 Å². The van der Waals surface area contributed by atoms with Crippen molar-refractivity contribution in [2.24, 2.45) is 0 Å². The number of hydrogen-bond donors (Lipinski definition) is 1. The largest absolute Gasteiger partial charge is 0.496 e. The van der Waals surface area contributed by atoms with Crippen LogP contribution in [0.1, 0.15) is 30.5 Å². The molecule has 0 bridgehead atoms. The van der Waals surface area contributed by atoms with Gasteiger partial charge >= 0.3 is 0 Å². The zero-order valence-corrected chi connectivity index (χ0v) is 14.2. The predicted octanol–water partition coefficient (Wildman–Crippen LogP) is 4.74. The first kappa shape index (κ1) is 16.1. The number of benzene rings is 2. The summed E-state index contributed by atoms with van der Waals surface area (Å²) >= 11 is 3.58. The van der Waals surface area contributed by atoms with Gasteiger partial charge in [0.05, 0.1) is 11.6 Å². The molecule has 0 aliphatic carbocycles. The lowest BCUT2D eigenvalue weighted by atomic mass is 9.98. The highest BCUT2D eigenvalue weighted by atomic mass is 79.9. The molecule has 0 aliphatic rings. The van der Waals surface area contributed by atoms with Crippen LogP contribution in [0.2, 0.25) is 0 Å². The molecule has 1 unspecified atom stereocenters. The van der Waals surface area contributed by atoms with Crippen LogP contribution < -0.4 is 10.1 Å². The molecule has 112 valence electrons. The number of hydrogen-bond acceptors (Lipinski definition) is 2. The second kappa shape index (κ2) is 8.20. The van der Waals surface area contributed by atoms with Crippen LogP contribution >= 0.6 is 15.9 Å². The number of rotatable bonds is 7. The highest BCUT2D eigenvalue weighted by Crippen LogP contribution is 2.29. The van der Waals surface area contributed by atoms with Gasteiger partial charge in [-0.25, -0.2) is 0 Å². The lowest BCUT2D eigenvalue weighted by Gasteiger charge is -2.20. The van der Waals surface area contributed by atoms with Crippen molar-refractivity contribution in [3.8, 4) is 5.75 Å². The summed E-state index contributed by atoms with van der Waals surface area (Å²) in [7, 11) is 1.69. The van der Waals surface area contributed by atoms with E-state index in [0.717, 1.165) is 29.6 Å². The van der Waals surface area contributed by atoms with Gasteiger partial charge in [0.25, 0.3) is 0 Å². The molecule has 0 fully saturated rings. The van der Waals surface area contributed by atoms with E-state index in [4.69, 9.17) is 4.74 Å². The molecule has 2 rings (SSSR count). The Morgan fingerprint density at radius 3 is 2.52 bits per heavy atom. The Bertz CT molecular complexity index is 556. The Morgan fingerprint density at radius 1 is 1.14 bits per heavy atom. The number of halogens is 1. The van der Waals surface area contributed by atoms with Gasteiger partial charge in [0.15, 0.2) is 0 Å². The maximum absolute atomic E-state index is 5.31. The van der Waals surface area contributed by atoms with Gasteiger partial charge in [-0.05, 0) is 58.6 Å². The first-order valence-electron chi connectivity index (χ1n) is 7.35. The Balaban J connectivity index is 2.20. The average Bonchev–Trinajstić information content (AvgIpc) is 2.52. The molecule has 2 aromatic rings. The van der Waals surface area contributed by atoms with Crippen LogP contribution in [0.3, 0.4) is 0 Å². The minimum atomic E-state index is 0.314. The Labute approximate surface area is 135 Å². The van der Waals surface area contributed by atoms with E-state index in [-0.39, 0.29) is 0 Å². The van der Waals surface area contributed by atoms with E-state index in [0.29, 0.717) is 6.04 Å². The smallest absolute Gasteiger partial charge is 0.133 e. The third kappa shape index (κ3) is 4.58. The summed E-state index contributed by atoms with van der Waals surface area (Å²) in [6.07, 6.45) is 2.11. The monoisotopic (exact) mass is 347 g/mol. The summed E-state index contributed by atoms with van der Waals surface area (Å²) in [5.74, 6) is 0.868. The molecule has 0 heterocycles. The molecule has 1 N–H and O–H groups in total. The van der Waals surface area contributed by atoms with Crippen LogP contribution in [0.4, 0.5) is 0 Å². The van der Waals surface area contributed by atoms with Gasteiger partial charge in [-0.1, -0.05) is 43.3 Å². The van der Waals surface area contributed by atoms with Crippen molar-refractivity contribution < 1.29 is 4.74 Å². The minimum absolute atomic E-state index is 0.314. The Morgan fingerprint density at radius 2 is 1.90 bits per heavy atom. The molecule has 3 heteroatoms. The fourth-order valence-corrected chi connectivity index (χ4v) is 2.93. The van der Waals surface area contributed by atoms with Crippen molar-refractivity contribution in [1.29, 1.82) is 0 Å². The highest BCUT2D eigenvalue weighted by Gasteiger charge is 2.13. The molecular formula is C18H22BrNO. The maximum Gasteiger partial charge on any atom is 0.133 e. The van der Waals surface area contributed by atoms with E-state index < -0.39 is 0 Å². The lowest BCUT2D eigenvalue weighted by molar-refractivity contribution is 0.411. The van der Waals surface area contributed by atoms with E-state index in [1.807, 2.05) is 6.07 Å². The van der Waals surface area contributed by atoms with Crippen molar-refractivity contribution in [2.45, 2.75) is 25.8 Å². The molecule has 0 aromatic heterocycles. The third-order valence-corrected chi connectivity index (χ3v) is 4.12. The van der Waals surface area contributed by atoms with Crippen LogP contribution in [-0.4, -0.2) is 13.7 Å². The molecule has 21 heavy (non-hydrogen) atoms. The van der Waals surface area contributed by atoms with Crippen molar-refractivity contribution in [1.82, 2.24) is 5.32 Å². The second-order valence-corrected chi connectivity index (χ2v) is 5.94. The van der Waals surface area contributed by atoms with E-state index in [2.05, 4.69) is 70.6 Å². The van der Waals surface area contributed by atoms with Crippen LogP contribution in [-0.2, 0) is 6.42 Å². The van der Waals surface area contributed by atoms with Crippen LogP contribution in [0, 0.1) is 0 Å². The maximum atomic E-state index is 5.31. The van der Waals surface area contributed by atoms with Gasteiger partial charge < -0.3 is 10.1 Å². The van der Waals surface area contributed by atoms with Gasteiger partial charge in [0, 0.05) is 6.04 Å². The van der Waals surface area contributed by atoms with E-state index in [1.165, 1.54) is 11.1 Å². The quantitative estimate of drug-likeness (QED) is 0.780. The fraction of sp³-hybridized carbons (Fsp3) is 0.333. The van der Waals surface area contributed by atoms with Crippen LogP contribution in [0.15, 0.2) is 53.0 Å². The van der Waals surface area contributed by atoms with Crippen molar-refractivity contribution in [2.75, 3.05) is 13.7 Å². The molecule has 2 nitrogen and oxygen atoms in total.